The monoisotopic (exact) mass is 259 g/mol. The Kier molecular flexibility index (Phi) is 3.22. The van der Waals surface area contributed by atoms with E-state index in [4.69, 9.17) is 4.52 Å². The maximum atomic E-state index is 11.7. The number of sulfonamides is 1. The quantitative estimate of drug-likeness (QED) is 0.800. The first-order chi connectivity index (χ1) is 7.88. The molecule has 1 aliphatic heterocycles. The van der Waals surface area contributed by atoms with Gasteiger partial charge in [-0.2, -0.15) is 9.29 Å². The Hall–Kier alpha value is -0.950. The second-order valence-corrected chi connectivity index (χ2v) is 6.50. The van der Waals surface area contributed by atoms with Gasteiger partial charge in [0.15, 0.2) is 5.82 Å². The molecule has 2 heterocycles. The molecule has 0 amide bonds. The van der Waals surface area contributed by atoms with E-state index in [2.05, 4.69) is 10.1 Å². The topological polar surface area (TPSA) is 76.3 Å². The van der Waals surface area contributed by atoms with E-state index in [1.54, 1.807) is 11.2 Å². The second kappa shape index (κ2) is 4.38. The first kappa shape index (κ1) is 12.5. The summed E-state index contributed by atoms with van der Waals surface area (Å²) in [6.07, 6.45) is 3.47. The summed E-state index contributed by atoms with van der Waals surface area (Å²) in [5, 5.41) is 3.71. The Morgan fingerprint density at radius 3 is 2.71 bits per heavy atom. The zero-order valence-electron chi connectivity index (χ0n) is 10.3. The first-order valence-electron chi connectivity index (χ1n) is 5.65. The number of rotatable bonds is 3. The van der Waals surface area contributed by atoms with Gasteiger partial charge in [0.25, 0.3) is 0 Å². The lowest BCUT2D eigenvalue weighted by Crippen LogP contribution is -2.40. The van der Waals surface area contributed by atoms with Crippen LogP contribution in [-0.4, -0.2) is 41.2 Å². The molecule has 0 radical (unpaired) electrons. The Balaban J connectivity index is 2.16. The fourth-order valence-corrected chi connectivity index (χ4v) is 3.94. The van der Waals surface area contributed by atoms with Crippen LogP contribution in [0.2, 0.25) is 0 Å². The molecule has 0 saturated carbocycles. The van der Waals surface area contributed by atoms with Crippen LogP contribution in [0.5, 0.6) is 0 Å². The summed E-state index contributed by atoms with van der Waals surface area (Å²) in [7, 11) is -3.17. The lowest BCUT2D eigenvalue weighted by molar-refractivity contribution is 0.301. The fourth-order valence-electron chi connectivity index (χ4n) is 2.46. The Morgan fingerprint density at radius 1 is 1.47 bits per heavy atom. The van der Waals surface area contributed by atoms with Crippen molar-refractivity contribution in [3.63, 3.8) is 0 Å². The Morgan fingerprint density at radius 2 is 2.18 bits per heavy atom. The molecule has 96 valence electrons. The molecule has 6 nitrogen and oxygen atoms in total. The highest BCUT2D eigenvalue weighted by Gasteiger charge is 2.37. The molecule has 2 unspecified atom stereocenters. The maximum absolute atomic E-state index is 11.7. The van der Waals surface area contributed by atoms with Gasteiger partial charge in [-0.25, -0.2) is 8.42 Å². The van der Waals surface area contributed by atoms with Crippen LogP contribution in [0.4, 0.5) is 0 Å². The highest BCUT2D eigenvalue weighted by Crippen LogP contribution is 2.28. The van der Waals surface area contributed by atoms with Crippen molar-refractivity contribution in [2.45, 2.75) is 45.2 Å². The summed E-state index contributed by atoms with van der Waals surface area (Å²) in [5.41, 5.74) is 0. The standard InChI is InChI=1S/C10H17N3O3S/c1-7-4-5-9(13(7)17(3,14)15)6-10-11-8(2)12-16-10/h7,9H,4-6H2,1-3H3. The highest BCUT2D eigenvalue weighted by molar-refractivity contribution is 7.88. The summed E-state index contributed by atoms with van der Waals surface area (Å²) < 4.78 is 30.0. The molecule has 0 bridgehead atoms. The molecule has 1 aromatic rings. The van der Waals surface area contributed by atoms with E-state index in [-0.39, 0.29) is 12.1 Å². The van der Waals surface area contributed by atoms with Crippen LogP contribution >= 0.6 is 0 Å². The molecule has 0 aliphatic carbocycles. The van der Waals surface area contributed by atoms with Gasteiger partial charge < -0.3 is 4.52 Å². The molecule has 2 atom stereocenters. The van der Waals surface area contributed by atoms with Crippen molar-refractivity contribution in [2.75, 3.05) is 6.26 Å². The third kappa shape index (κ3) is 2.66. The number of aromatic nitrogens is 2. The molecule has 17 heavy (non-hydrogen) atoms. The lowest BCUT2D eigenvalue weighted by Gasteiger charge is -2.24. The van der Waals surface area contributed by atoms with Crippen LogP contribution in [-0.2, 0) is 16.4 Å². The van der Waals surface area contributed by atoms with Crippen LogP contribution in [0, 0.1) is 6.92 Å². The normalized spacial score (nSPS) is 26.5. The summed E-state index contributed by atoms with van der Waals surface area (Å²) in [5.74, 6) is 1.09. The van der Waals surface area contributed by atoms with Crippen molar-refractivity contribution in [2.24, 2.45) is 0 Å². The molecule has 1 fully saturated rings. The molecule has 2 rings (SSSR count). The van der Waals surface area contributed by atoms with Gasteiger partial charge in [-0.15, -0.1) is 0 Å². The van der Waals surface area contributed by atoms with Crippen LogP contribution in [0.1, 0.15) is 31.5 Å². The minimum Gasteiger partial charge on any atom is -0.339 e. The highest BCUT2D eigenvalue weighted by atomic mass is 32.2. The van der Waals surface area contributed by atoms with Crippen LogP contribution in [0.15, 0.2) is 4.52 Å². The number of hydrogen-bond donors (Lipinski definition) is 0. The van der Waals surface area contributed by atoms with E-state index in [0.717, 1.165) is 12.8 Å². The van der Waals surface area contributed by atoms with Crippen molar-refractivity contribution in [3.8, 4) is 0 Å². The Labute approximate surface area is 101 Å². The van der Waals surface area contributed by atoms with Gasteiger partial charge in [-0.3, -0.25) is 0 Å². The minimum absolute atomic E-state index is 0.0546. The van der Waals surface area contributed by atoms with Crippen LogP contribution in [0.25, 0.3) is 0 Å². The van der Waals surface area contributed by atoms with E-state index >= 15 is 0 Å². The van der Waals surface area contributed by atoms with Gasteiger partial charge >= 0.3 is 0 Å². The Bertz CT molecular complexity index is 497. The van der Waals surface area contributed by atoms with E-state index in [1.165, 1.54) is 6.26 Å². The van der Waals surface area contributed by atoms with Gasteiger partial charge in [0.1, 0.15) is 0 Å². The fraction of sp³-hybridized carbons (Fsp3) is 0.800. The van der Waals surface area contributed by atoms with E-state index in [1.807, 2.05) is 6.92 Å². The smallest absolute Gasteiger partial charge is 0.228 e. The van der Waals surface area contributed by atoms with Crippen molar-refractivity contribution < 1.29 is 12.9 Å². The zero-order chi connectivity index (χ0) is 12.6. The third-order valence-corrected chi connectivity index (χ3v) is 4.50. The molecule has 0 N–H and O–H groups in total. The first-order valence-corrected chi connectivity index (χ1v) is 7.50. The second-order valence-electron chi connectivity index (χ2n) is 4.61. The number of aryl methyl sites for hydroxylation is 1. The van der Waals surface area contributed by atoms with E-state index < -0.39 is 10.0 Å². The number of hydrogen-bond acceptors (Lipinski definition) is 5. The molecular weight excluding hydrogens is 242 g/mol. The van der Waals surface area contributed by atoms with Crippen molar-refractivity contribution in [3.05, 3.63) is 11.7 Å². The predicted octanol–water partition coefficient (Wildman–Crippen LogP) is 0.733. The van der Waals surface area contributed by atoms with Gasteiger partial charge in [0, 0.05) is 18.5 Å². The third-order valence-electron chi connectivity index (χ3n) is 3.07. The van der Waals surface area contributed by atoms with Crippen molar-refractivity contribution in [1.29, 1.82) is 0 Å². The van der Waals surface area contributed by atoms with Crippen LogP contribution in [0.3, 0.4) is 0 Å². The molecule has 1 aromatic heterocycles. The molecule has 7 heteroatoms. The maximum Gasteiger partial charge on any atom is 0.228 e. The summed E-state index contributed by atoms with van der Waals surface area (Å²) >= 11 is 0. The molecule has 0 aromatic carbocycles. The van der Waals surface area contributed by atoms with Gasteiger partial charge in [-0.1, -0.05) is 5.16 Å². The van der Waals surface area contributed by atoms with Crippen molar-refractivity contribution >= 4 is 10.0 Å². The van der Waals surface area contributed by atoms with Crippen molar-refractivity contribution in [1.82, 2.24) is 14.4 Å². The van der Waals surface area contributed by atoms with Gasteiger partial charge in [0.05, 0.1) is 6.26 Å². The molecular formula is C10H17N3O3S. The van der Waals surface area contributed by atoms with E-state index in [0.29, 0.717) is 18.1 Å². The van der Waals surface area contributed by atoms with Gasteiger partial charge in [0.2, 0.25) is 15.9 Å². The predicted molar refractivity (Wildman–Crippen MR) is 61.9 cm³/mol. The molecule has 1 aliphatic rings. The molecule has 1 saturated heterocycles. The zero-order valence-corrected chi connectivity index (χ0v) is 11.1. The van der Waals surface area contributed by atoms with Gasteiger partial charge in [-0.05, 0) is 26.7 Å². The van der Waals surface area contributed by atoms with Crippen LogP contribution < -0.4 is 0 Å². The lowest BCUT2D eigenvalue weighted by atomic mass is 10.1. The minimum atomic E-state index is -3.17. The average molecular weight is 259 g/mol. The summed E-state index contributed by atoms with van der Waals surface area (Å²) in [6, 6.07) is -0.00105. The average Bonchev–Trinajstić information content (AvgIpc) is 2.73. The van der Waals surface area contributed by atoms with E-state index in [9.17, 15) is 8.42 Å². The summed E-state index contributed by atoms with van der Waals surface area (Å²) in [4.78, 5) is 4.12. The summed E-state index contributed by atoms with van der Waals surface area (Å²) in [6.45, 7) is 3.68. The number of nitrogens with zero attached hydrogens (tertiary/aromatic N) is 3. The largest absolute Gasteiger partial charge is 0.339 e. The SMILES string of the molecule is Cc1noc(CC2CCC(C)N2S(C)(=O)=O)n1. The molecule has 0 spiro atoms.